The molecule has 18 heavy (non-hydrogen) atoms. The topological polar surface area (TPSA) is 78.1 Å². The summed E-state index contributed by atoms with van der Waals surface area (Å²) in [7, 11) is 0. The molecule has 0 radical (unpaired) electrons. The van der Waals surface area contributed by atoms with Gasteiger partial charge in [-0.25, -0.2) is 0 Å². The van der Waals surface area contributed by atoms with Crippen LogP contribution in [0.5, 0.6) is 0 Å². The minimum atomic E-state index is 0.328. The van der Waals surface area contributed by atoms with Crippen molar-refractivity contribution in [2.24, 2.45) is 29.0 Å². The molecule has 0 amide bonds. The van der Waals surface area contributed by atoms with Gasteiger partial charge in [-0.3, -0.25) is 0 Å². The molecule has 0 aromatic heterocycles. The first kappa shape index (κ1) is 13.5. The van der Waals surface area contributed by atoms with Crippen molar-refractivity contribution in [2.75, 3.05) is 0 Å². The van der Waals surface area contributed by atoms with E-state index in [2.05, 4.69) is 6.92 Å². The van der Waals surface area contributed by atoms with Gasteiger partial charge in [-0.05, 0) is 55.4 Å². The third-order valence-electron chi connectivity index (χ3n) is 4.67. The highest BCUT2D eigenvalue weighted by atomic mass is 14.7. The van der Waals surface area contributed by atoms with Gasteiger partial charge in [-0.15, -0.1) is 0 Å². The number of hydrogen-bond acceptors (Lipinski definition) is 3. The largest absolute Gasteiger partial charge is 0.405 e. The Morgan fingerprint density at radius 3 is 2.67 bits per heavy atom. The molecule has 3 nitrogen and oxygen atoms in total. The molecular weight excluding hydrogens is 222 g/mol. The number of rotatable bonds is 4. The zero-order valence-corrected chi connectivity index (χ0v) is 11.5. The molecule has 2 aliphatic rings. The lowest BCUT2D eigenvalue weighted by molar-refractivity contribution is 0.537. The van der Waals surface area contributed by atoms with Gasteiger partial charge in [0.25, 0.3) is 0 Å². The Balaban J connectivity index is 2.15. The van der Waals surface area contributed by atoms with Crippen LogP contribution in [0, 0.1) is 11.8 Å². The lowest BCUT2D eigenvalue weighted by Crippen LogP contribution is -2.26. The minimum Gasteiger partial charge on any atom is -0.405 e. The summed E-state index contributed by atoms with van der Waals surface area (Å²) in [5, 5.41) is 0. The second-order valence-electron chi connectivity index (χ2n) is 5.76. The molecule has 0 aliphatic heterocycles. The predicted molar refractivity (Wildman–Crippen MR) is 76.4 cm³/mol. The first-order valence-electron chi connectivity index (χ1n) is 7.33. The van der Waals surface area contributed by atoms with Gasteiger partial charge < -0.3 is 17.2 Å². The van der Waals surface area contributed by atoms with E-state index >= 15 is 0 Å². The van der Waals surface area contributed by atoms with Crippen molar-refractivity contribution in [3.63, 3.8) is 0 Å². The second-order valence-corrected chi connectivity index (χ2v) is 5.76. The summed E-state index contributed by atoms with van der Waals surface area (Å²) in [5.74, 6) is 0.924. The number of hydrogen-bond donors (Lipinski definition) is 3. The van der Waals surface area contributed by atoms with E-state index in [-0.39, 0.29) is 0 Å². The van der Waals surface area contributed by atoms with Crippen molar-refractivity contribution in [2.45, 2.75) is 57.9 Å². The van der Waals surface area contributed by atoms with E-state index < -0.39 is 0 Å². The van der Waals surface area contributed by atoms with Crippen molar-refractivity contribution >= 4 is 0 Å². The summed E-state index contributed by atoms with van der Waals surface area (Å²) in [5.41, 5.74) is 22.2. The molecule has 1 saturated carbocycles. The predicted octanol–water partition coefficient (Wildman–Crippen LogP) is 2.38. The Morgan fingerprint density at radius 1 is 1.33 bits per heavy atom. The highest BCUT2D eigenvalue weighted by Gasteiger charge is 2.34. The fourth-order valence-electron chi connectivity index (χ4n) is 3.69. The van der Waals surface area contributed by atoms with Gasteiger partial charge >= 0.3 is 0 Å². The molecule has 2 aliphatic carbocycles. The lowest BCUT2D eigenvalue weighted by Gasteiger charge is -2.19. The summed E-state index contributed by atoms with van der Waals surface area (Å²) in [4.78, 5) is 0. The molecule has 3 atom stereocenters. The molecular formula is C15H27N3. The van der Waals surface area contributed by atoms with Gasteiger partial charge in [-0.2, -0.15) is 0 Å². The van der Waals surface area contributed by atoms with E-state index in [4.69, 9.17) is 17.2 Å². The van der Waals surface area contributed by atoms with Crippen LogP contribution in [0.25, 0.3) is 0 Å². The highest BCUT2D eigenvalue weighted by molar-refractivity contribution is 5.31. The maximum atomic E-state index is 6.40. The van der Waals surface area contributed by atoms with Crippen LogP contribution in [-0.4, -0.2) is 6.04 Å². The first-order valence-corrected chi connectivity index (χ1v) is 7.33. The molecule has 0 bridgehead atoms. The minimum absolute atomic E-state index is 0.328. The van der Waals surface area contributed by atoms with E-state index in [1.165, 1.54) is 24.0 Å². The van der Waals surface area contributed by atoms with Crippen molar-refractivity contribution in [1.29, 1.82) is 0 Å². The SMILES string of the molecule is CCC/C(=C/N)C1CCC(C2CCCC2N)=C1N. The van der Waals surface area contributed by atoms with Crippen molar-refractivity contribution in [3.8, 4) is 0 Å². The number of allylic oxidation sites excluding steroid dienone is 1. The molecule has 6 N–H and O–H groups in total. The quantitative estimate of drug-likeness (QED) is 0.716. The Bertz CT molecular complexity index is 357. The molecule has 0 saturated heterocycles. The lowest BCUT2D eigenvalue weighted by atomic mass is 9.91. The molecule has 0 aromatic carbocycles. The molecule has 102 valence electrons. The fraction of sp³-hybridized carbons (Fsp3) is 0.733. The van der Waals surface area contributed by atoms with E-state index in [1.807, 2.05) is 0 Å². The highest BCUT2D eigenvalue weighted by Crippen LogP contribution is 2.43. The van der Waals surface area contributed by atoms with Gasteiger partial charge in [0, 0.05) is 17.7 Å². The Morgan fingerprint density at radius 2 is 2.11 bits per heavy atom. The van der Waals surface area contributed by atoms with Crippen LogP contribution in [0.3, 0.4) is 0 Å². The number of nitrogens with two attached hydrogens (primary N) is 3. The smallest absolute Gasteiger partial charge is 0.0214 e. The van der Waals surface area contributed by atoms with Gasteiger partial charge in [0.05, 0.1) is 0 Å². The Kier molecular flexibility index (Phi) is 4.33. The summed E-state index contributed by atoms with van der Waals surface area (Å²) in [6, 6.07) is 0.328. The molecule has 1 fully saturated rings. The van der Waals surface area contributed by atoms with E-state index in [0.29, 0.717) is 17.9 Å². The molecule has 3 heteroatoms. The van der Waals surface area contributed by atoms with Gasteiger partial charge in [0.2, 0.25) is 0 Å². The van der Waals surface area contributed by atoms with Crippen LogP contribution in [0.1, 0.15) is 51.9 Å². The molecule has 0 aromatic rings. The second kappa shape index (κ2) is 5.79. The average Bonchev–Trinajstić information content (AvgIpc) is 2.93. The fourth-order valence-corrected chi connectivity index (χ4v) is 3.69. The van der Waals surface area contributed by atoms with Crippen LogP contribution in [0.4, 0.5) is 0 Å². The summed E-state index contributed by atoms with van der Waals surface area (Å²) in [6.07, 6.45) is 9.85. The van der Waals surface area contributed by atoms with Crippen LogP contribution in [-0.2, 0) is 0 Å². The maximum absolute atomic E-state index is 6.40. The standard InChI is InChI=1S/C15H27N3/c1-2-4-10(9-16)11-7-8-13(15(11)18)12-5-3-6-14(12)17/h9,11-12,14H,2-8,16-18H2,1H3/b10-9-. The van der Waals surface area contributed by atoms with Crippen LogP contribution in [0.2, 0.25) is 0 Å². The van der Waals surface area contributed by atoms with Gasteiger partial charge in [0.15, 0.2) is 0 Å². The third kappa shape index (κ3) is 2.41. The molecule has 0 spiro atoms. The van der Waals surface area contributed by atoms with Gasteiger partial charge in [-0.1, -0.05) is 19.8 Å². The van der Waals surface area contributed by atoms with E-state index in [9.17, 15) is 0 Å². The zero-order valence-electron chi connectivity index (χ0n) is 11.5. The van der Waals surface area contributed by atoms with Crippen molar-refractivity contribution in [1.82, 2.24) is 0 Å². The normalized spacial score (nSPS) is 33.4. The van der Waals surface area contributed by atoms with E-state index in [0.717, 1.165) is 37.8 Å². The van der Waals surface area contributed by atoms with E-state index in [1.54, 1.807) is 6.20 Å². The first-order chi connectivity index (χ1) is 8.69. The van der Waals surface area contributed by atoms with Gasteiger partial charge in [0.1, 0.15) is 0 Å². The maximum Gasteiger partial charge on any atom is 0.0214 e. The zero-order chi connectivity index (χ0) is 13.1. The summed E-state index contributed by atoms with van der Waals surface area (Å²) in [6.45, 7) is 2.19. The van der Waals surface area contributed by atoms with Crippen LogP contribution < -0.4 is 17.2 Å². The van der Waals surface area contributed by atoms with Crippen molar-refractivity contribution < 1.29 is 0 Å². The molecule has 0 heterocycles. The summed E-state index contributed by atoms with van der Waals surface area (Å²) < 4.78 is 0. The third-order valence-corrected chi connectivity index (χ3v) is 4.67. The summed E-state index contributed by atoms with van der Waals surface area (Å²) >= 11 is 0. The van der Waals surface area contributed by atoms with Crippen LogP contribution in [0.15, 0.2) is 23.0 Å². The average molecular weight is 249 g/mol. The monoisotopic (exact) mass is 249 g/mol. The Labute approximate surface area is 110 Å². The molecule has 3 unspecified atom stereocenters. The molecule has 2 rings (SSSR count). The Hall–Kier alpha value is -0.960. The van der Waals surface area contributed by atoms with Crippen molar-refractivity contribution in [3.05, 3.63) is 23.0 Å². The van der Waals surface area contributed by atoms with Crippen LogP contribution >= 0.6 is 0 Å².